The molecule has 2 aliphatic rings. The molecule has 2 atom stereocenters. The number of amides is 1. The molecule has 0 bridgehead atoms. The molecule has 0 spiro atoms. The van der Waals surface area contributed by atoms with Gasteiger partial charge in [0.05, 0.1) is 21.6 Å². The van der Waals surface area contributed by atoms with Gasteiger partial charge in [0.15, 0.2) is 11.5 Å². The van der Waals surface area contributed by atoms with Crippen LogP contribution in [0.1, 0.15) is 25.7 Å². The van der Waals surface area contributed by atoms with E-state index in [9.17, 15) is 9.18 Å². The molecular weight excluding hydrogens is 456 g/mol. The number of piperidine rings is 2. The predicted molar refractivity (Wildman–Crippen MR) is 122 cm³/mol. The topological polar surface area (TPSA) is 90.0 Å². The standard InChI is InChI=1S/C21H22Cl2FN7O/c22-15-7-12(8-16(23)18(15)24)28-17-4-2-6-31(21(17)32)13-3-1-5-30(10-13)20-14-9-27-29-19(14)25-11-26-20/h7-9,11,13,17,28H,1-6,10H2,(H,25,26,27,29). The average molecular weight is 478 g/mol. The van der Waals surface area contributed by atoms with Crippen LogP contribution in [0.3, 0.4) is 0 Å². The van der Waals surface area contributed by atoms with Crippen LogP contribution in [-0.2, 0) is 4.79 Å². The second kappa shape index (κ2) is 8.71. The molecule has 0 aliphatic carbocycles. The van der Waals surface area contributed by atoms with Crippen LogP contribution < -0.4 is 10.2 Å². The van der Waals surface area contributed by atoms with Crippen molar-refractivity contribution in [2.24, 2.45) is 0 Å². The van der Waals surface area contributed by atoms with Crippen molar-refractivity contribution in [1.82, 2.24) is 25.1 Å². The summed E-state index contributed by atoms with van der Waals surface area (Å²) in [6.45, 7) is 2.28. The first-order valence-corrected chi connectivity index (χ1v) is 11.4. The maximum Gasteiger partial charge on any atom is 0.245 e. The summed E-state index contributed by atoms with van der Waals surface area (Å²) in [6.07, 6.45) is 6.73. The van der Waals surface area contributed by atoms with Crippen molar-refractivity contribution in [3.63, 3.8) is 0 Å². The zero-order valence-corrected chi connectivity index (χ0v) is 18.7. The first-order chi connectivity index (χ1) is 15.5. The molecule has 32 heavy (non-hydrogen) atoms. The Balaban J connectivity index is 1.32. The highest BCUT2D eigenvalue weighted by Gasteiger charge is 2.36. The zero-order valence-electron chi connectivity index (χ0n) is 17.2. The number of carbonyl (C=O) groups excluding carboxylic acids is 1. The third-order valence-electron chi connectivity index (χ3n) is 6.16. The van der Waals surface area contributed by atoms with Gasteiger partial charge in [-0.2, -0.15) is 5.10 Å². The van der Waals surface area contributed by atoms with Crippen molar-refractivity contribution in [2.75, 3.05) is 29.9 Å². The number of aromatic nitrogens is 4. The summed E-state index contributed by atoms with van der Waals surface area (Å²) in [5, 5.41) is 10.9. The van der Waals surface area contributed by atoms with Crippen LogP contribution in [0.25, 0.3) is 11.0 Å². The van der Waals surface area contributed by atoms with E-state index < -0.39 is 11.9 Å². The Kier molecular flexibility index (Phi) is 5.77. The van der Waals surface area contributed by atoms with E-state index in [-0.39, 0.29) is 22.0 Å². The fraction of sp³-hybridized carbons (Fsp3) is 0.429. The zero-order chi connectivity index (χ0) is 22.2. The van der Waals surface area contributed by atoms with Gasteiger partial charge in [-0.05, 0) is 37.8 Å². The largest absolute Gasteiger partial charge is 0.374 e. The molecule has 1 aromatic carbocycles. The van der Waals surface area contributed by atoms with E-state index in [0.717, 1.165) is 37.0 Å². The number of rotatable bonds is 4. The van der Waals surface area contributed by atoms with Crippen molar-refractivity contribution in [3.05, 3.63) is 40.5 Å². The van der Waals surface area contributed by atoms with E-state index in [1.807, 2.05) is 4.90 Å². The van der Waals surface area contributed by atoms with Gasteiger partial charge < -0.3 is 15.1 Å². The SMILES string of the molecule is O=C1C(Nc2cc(Cl)c(F)c(Cl)c2)CCCN1C1CCCN(c2ncnc3[nH]ncc23)C1. The minimum Gasteiger partial charge on any atom is -0.374 e. The van der Waals surface area contributed by atoms with Crippen molar-refractivity contribution in [3.8, 4) is 0 Å². The predicted octanol–water partition coefficient (Wildman–Crippen LogP) is 3.87. The van der Waals surface area contributed by atoms with Crippen molar-refractivity contribution in [1.29, 1.82) is 0 Å². The number of nitrogens with zero attached hydrogens (tertiary/aromatic N) is 5. The third-order valence-corrected chi connectivity index (χ3v) is 6.71. The maximum atomic E-state index is 13.7. The minimum absolute atomic E-state index is 0.0378. The Hall–Kier alpha value is -2.65. The monoisotopic (exact) mass is 477 g/mol. The van der Waals surface area contributed by atoms with Crippen molar-refractivity contribution >= 4 is 51.6 Å². The molecule has 2 N–H and O–H groups in total. The summed E-state index contributed by atoms with van der Waals surface area (Å²) in [6, 6.07) is 2.60. The van der Waals surface area contributed by atoms with E-state index in [1.165, 1.54) is 18.5 Å². The molecule has 2 aromatic heterocycles. The molecule has 168 valence electrons. The van der Waals surface area contributed by atoms with Crippen LogP contribution in [0.5, 0.6) is 0 Å². The average Bonchev–Trinajstić information content (AvgIpc) is 3.28. The number of hydrogen-bond acceptors (Lipinski definition) is 6. The number of H-pyrrole nitrogens is 1. The highest BCUT2D eigenvalue weighted by Crippen LogP contribution is 2.30. The van der Waals surface area contributed by atoms with E-state index >= 15 is 0 Å². The van der Waals surface area contributed by atoms with Crippen LogP contribution in [0, 0.1) is 5.82 Å². The van der Waals surface area contributed by atoms with Crippen LogP contribution >= 0.6 is 23.2 Å². The van der Waals surface area contributed by atoms with Crippen molar-refractivity contribution in [2.45, 2.75) is 37.8 Å². The van der Waals surface area contributed by atoms with E-state index in [2.05, 4.69) is 30.4 Å². The summed E-state index contributed by atoms with van der Waals surface area (Å²) in [4.78, 5) is 26.2. The van der Waals surface area contributed by atoms with Gasteiger partial charge in [0.2, 0.25) is 5.91 Å². The molecule has 8 nitrogen and oxygen atoms in total. The summed E-state index contributed by atoms with van der Waals surface area (Å²) in [5.41, 5.74) is 1.24. The molecule has 2 unspecified atom stereocenters. The number of fused-ring (bicyclic) bond motifs is 1. The van der Waals surface area contributed by atoms with Gasteiger partial charge in [0, 0.05) is 31.4 Å². The van der Waals surface area contributed by atoms with Gasteiger partial charge in [-0.15, -0.1) is 0 Å². The second-order valence-corrected chi connectivity index (χ2v) is 9.01. The van der Waals surface area contributed by atoms with Crippen LogP contribution in [0.2, 0.25) is 10.0 Å². The molecule has 2 saturated heterocycles. The van der Waals surface area contributed by atoms with Crippen LogP contribution in [0.4, 0.5) is 15.9 Å². The van der Waals surface area contributed by atoms with E-state index in [1.54, 1.807) is 6.20 Å². The van der Waals surface area contributed by atoms with Crippen LogP contribution in [-0.4, -0.2) is 62.7 Å². The number of aromatic amines is 1. The smallest absolute Gasteiger partial charge is 0.245 e. The summed E-state index contributed by atoms with van der Waals surface area (Å²) in [7, 11) is 0. The van der Waals surface area contributed by atoms with Crippen molar-refractivity contribution < 1.29 is 9.18 Å². The molecular formula is C21H22Cl2FN7O. The van der Waals surface area contributed by atoms with E-state index in [0.29, 0.717) is 30.8 Å². The van der Waals surface area contributed by atoms with Gasteiger partial charge in [0.1, 0.15) is 18.2 Å². The van der Waals surface area contributed by atoms with Gasteiger partial charge in [0.25, 0.3) is 0 Å². The first-order valence-electron chi connectivity index (χ1n) is 10.6. The molecule has 1 amide bonds. The number of nitrogens with one attached hydrogen (secondary N) is 2. The van der Waals surface area contributed by atoms with Crippen LogP contribution in [0.15, 0.2) is 24.7 Å². The Morgan fingerprint density at radius 3 is 2.72 bits per heavy atom. The fourth-order valence-corrected chi connectivity index (χ4v) is 5.13. The quantitative estimate of drug-likeness (QED) is 0.554. The number of hydrogen-bond donors (Lipinski definition) is 2. The Bertz CT molecular complexity index is 1130. The Morgan fingerprint density at radius 2 is 1.91 bits per heavy atom. The lowest BCUT2D eigenvalue weighted by Crippen LogP contribution is -2.56. The van der Waals surface area contributed by atoms with Gasteiger partial charge in [-0.3, -0.25) is 9.89 Å². The molecule has 2 fully saturated rings. The number of benzene rings is 1. The molecule has 0 radical (unpaired) electrons. The summed E-state index contributed by atoms with van der Waals surface area (Å²) in [5.74, 6) is 0.216. The molecule has 2 aliphatic heterocycles. The maximum absolute atomic E-state index is 13.7. The lowest BCUT2D eigenvalue weighted by atomic mass is 9.97. The van der Waals surface area contributed by atoms with Gasteiger partial charge >= 0.3 is 0 Å². The van der Waals surface area contributed by atoms with E-state index in [4.69, 9.17) is 23.2 Å². The molecule has 5 rings (SSSR count). The number of carbonyl (C=O) groups is 1. The summed E-state index contributed by atoms with van der Waals surface area (Å²) >= 11 is 11.8. The molecule has 11 heteroatoms. The molecule has 4 heterocycles. The fourth-order valence-electron chi connectivity index (χ4n) is 4.64. The lowest BCUT2D eigenvalue weighted by molar-refractivity contribution is -0.137. The molecule has 0 saturated carbocycles. The number of anilines is 2. The lowest BCUT2D eigenvalue weighted by Gasteiger charge is -2.43. The second-order valence-electron chi connectivity index (χ2n) is 8.20. The number of likely N-dealkylation sites (tertiary alicyclic amines) is 1. The van der Waals surface area contributed by atoms with Gasteiger partial charge in [-0.1, -0.05) is 23.2 Å². The highest BCUT2D eigenvalue weighted by atomic mass is 35.5. The normalized spacial score (nSPS) is 21.9. The Morgan fingerprint density at radius 1 is 1.12 bits per heavy atom. The first kappa shape index (κ1) is 21.2. The Labute approximate surface area is 194 Å². The summed E-state index contributed by atoms with van der Waals surface area (Å²) < 4.78 is 13.7. The minimum atomic E-state index is -0.658. The number of halogens is 3. The van der Waals surface area contributed by atoms with Gasteiger partial charge in [-0.25, -0.2) is 14.4 Å². The molecule has 3 aromatic rings. The highest BCUT2D eigenvalue weighted by molar-refractivity contribution is 6.35. The third kappa shape index (κ3) is 3.95.